The van der Waals surface area contributed by atoms with Crippen molar-refractivity contribution in [2.75, 3.05) is 25.7 Å². The molecule has 0 bridgehead atoms. The van der Waals surface area contributed by atoms with Gasteiger partial charge in [0.15, 0.2) is 0 Å². The molecule has 0 aliphatic heterocycles. The summed E-state index contributed by atoms with van der Waals surface area (Å²) in [5.74, 6) is -1.27. The third-order valence-electron chi connectivity index (χ3n) is 3.78. The average Bonchev–Trinajstić information content (AvgIpc) is 2.61. The van der Waals surface area contributed by atoms with Crippen molar-refractivity contribution in [1.82, 2.24) is 0 Å². The molecule has 25 heavy (non-hydrogen) atoms. The Morgan fingerprint density at radius 2 is 1.88 bits per heavy atom. The van der Waals surface area contributed by atoms with E-state index in [9.17, 15) is 19.7 Å². The van der Waals surface area contributed by atoms with Gasteiger partial charge in [-0.05, 0) is 18.4 Å². The molecule has 0 heterocycles. The Bertz CT molecular complexity index is 820. The Morgan fingerprint density at radius 1 is 1.20 bits per heavy atom. The molecule has 2 rings (SSSR count). The Balaban J connectivity index is 2.78. The number of carbonyl (C=O) groups is 2. The van der Waals surface area contributed by atoms with Crippen LogP contribution in [0, 0.1) is 10.1 Å². The first-order valence-corrected chi connectivity index (χ1v) is 7.47. The van der Waals surface area contributed by atoms with Gasteiger partial charge in [-0.1, -0.05) is 24.3 Å². The third-order valence-corrected chi connectivity index (χ3v) is 3.78. The molecule has 1 amide bonds. The lowest BCUT2D eigenvalue weighted by atomic mass is 10.0. The number of rotatable bonds is 6. The Morgan fingerprint density at radius 3 is 2.48 bits per heavy atom. The minimum Gasteiger partial charge on any atom is -0.467 e. The van der Waals surface area contributed by atoms with Crippen LogP contribution in [0.2, 0.25) is 0 Å². The zero-order valence-electron chi connectivity index (χ0n) is 14.1. The maximum Gasteiger partial charge on any atom is 0.328 e. The van der Waals surface area contributed by atoms with Crippen LogP contribution in [-0.2, 0) is 19.1 Å². The molecular formula is C17H18N2O6. The van der Waals surface area contributed by atoms with Gasteiger partial charge in [0, 0.05) is 18.6 Å². The summed E-state index contributed by atoms with van der Waals surface area (Å²) in [6.45, 7) is 1.12. The number of amides is 1. The maximum atomic E-state index is 12.6. The van der Waals surface area contributed by atoms with Gasteiger partial charge in [0.05, 0.1) is 12.0 Å². The van der Waals surface area contributed by atoms with Gasteiger partial charge in [0.1, 0.15) is 18.3 Å². The summed E-state index contributed by atoms with van der Waals surface area (Å²) >= 11 is 0. The second-order valence-electron chi connectivity index (χ2n) is 5.31. The number of nitro benzene ring substituents is 1. The summed E-state index contributed by atoms with van der Waals surface area (Å²) < 4.78 is 9.58. The van der Waals surface area contributed by atoms with E-state index < -0.39 is 22.8 Å². The minimum atomic E-state index is -1.06. The molecule has 2 aromatic rings. The Labute approximate surface area is 144 Å². The number of nitro groups is 1. The van der Waals surface area contributed by atoms with Crippen molar-refractivity contribution in [3.63, 3.8) is 0 Å². The lowest BCUT2D eigenvalue weighted by Gasteiger charge is -2.28. The molecule has 0 radical (unpaired) electrons. The standard InChI is InChI=1S/C17H18N2O6/c1-11(17(21)25-3)18(15(20)10-24-2)16-13-7-5-4-6-12(13)8-9-14(16)19(22)23/h4-9,11H,10H2,1-3H3. The molecular weight excluding hydrogens is 328 g/mol. The molecule has 0 saturated heterocycles. The van der Waals surface area contributed by atoms with Gasteiger partial charge in [-0.15, -0.1) is 0 Å². The topological polar surface area (TPSA) is 99.0 Å². The SMILES string of the molecule is COCC(=O)N(c1c([N+](=O)[O-])ccc2ccccc12)C(C)C(=O)OC. The largest absolute Gasteiger partial charge is 0.467 e. The number of carbonyl (C=O) groups excluding carboxylic acids is 2. The fourth-order valence-electron chi connectivity index (χ4n) is 2.65. The molecule has 0 fully saturated rings. The van der Waals surface area contributed by atoms with Crippen LogP contribution in [0.4, 0.5) is 11.4 Å². The zero-order valence-corrected chi connectivity index (χ0v) is 14.1. The molecule has 1 unspecified atom stereocenters. The molecule has 8 heteroatoms. The zero-order chi connectivity index (χ0) is 18.6. The number of nitrogens with zero attached hydrogens (tertiary/aromatic N) is 2. The van der Waals surface area contributed by atoms with Crippen LogP contribution in [0.1, 0.15) is 6.92 Å². The lowest BCUT2D eigenvalue weighted by Crippen LogP contribution is -2.46. The van der Waals surface area contributed by atoms with Gasteiger partial charge < -0.3 is 9.47 Å². The highest BCUT2D eigenvalue weighted by Gasteiger charge is 2.34. The van der Waals surface area contributed by atoms with Crippen LogP contribution >= 0.6 is 0 Å². The van der Waals surface area contributed by atoms with E-state index in [2.05, 4.69) is 0 Å². The first-order valence-electron chi connectivity index (χ1n) is 7.47. The molecule has 8 nitrogen and oxygen atoms in total. The fraction of sp³-hybridized carbons (Fsp3) is 0.294. The molecule has 0 aromatic heterocycles. The quantitative estimate of drug-likeness (QED) is 0.452. The van der Waals surface area contributed by atoms with Crippen LogP contribution in [-0.4, -0.2) is 43.7 Å². The Kier molecular flexibility index (Phi) is 5.66. The number of hydrogen-bond donors (Lipinski definition) is 0. The summed E-state index contributed by atoms with van der Waals surface area (Å²) in [5, 5.41) is 12.7. The summed E-state index contributed by atoms with van der Waals surface area (Å²) in [6.07, 6.45) is 0. The summed E-state index contributed by atoms with van der Waals surface area (Å²) in [5.41, 5.74) is -0.234. The maximum absolute atomic E-state index is 12.6. The molecule has 0 N–H and O–H groups in total. The van der Waals surface area contributed by atoms with E-state index in [0.29, 0.717) is 10.8 Å². The van der Waals surface area contributed by atoms with E-state index in [1.54, 1.807) is 30.3 Å². The van der Waals surface area contributed by atoms with E-state index in [0.717, 1.165) is 4.90 Å². The van der Waals surface area contributed by atoms with Gasteiger partial charge in [0.2, 0.25) is 0 Å². The molecule has 0 spiro atoms. The summed E-state index contributed by atoms with van der Waals surface area (Å²) in [4.78, 5) is 36.6. The number of esters is 1. The normalized spacial score (nSPS) is 11.8. The van der Waals surface area contributed by atoms with Crippen LogP contribution in [0.5, 0.6) is 0 Å². The smallest absolute Gasteiger partial charge is 0.328 e. The van der Waals surface area contributed by atoms with Crippen molar-refractivity contribution >= 4 is 34.0 Å². The monoisotopic (exact) mass is 346 g/mol. The molecule has 0 saturated carbocycles. The number of benzene rings is 2. The van der Waals surface area contributed by atoms with Crippen molar-refractivity contribution in [3.05, 3.63) is 46.5 Å². The van der Waals surface area contributed by atoms with E-state index in [4.69, 9.17) is 9.47 Å². The summed E-state index contributed by atoms with van der Waals surface area (Å²) in [6, 6.07) is 8.77. The van der Waals surface area contributed by atoms with Crippen LogP contribution in [0.15, 0.2) is 36.4 Å². The highest BCUT2D eigenvalue weighted by atomic mass is 16.6. The Hall–Kier alpha value is -3.00. The predicted octanol–water partition coefficient (Wildman–Crippen LogP) is 2.29. The number of methoxy groups -OCH3 is 2. The first-order chi connectivity index (χ1) is 11.9. The van der Waals surface area contributed by atoms with Crippen molar-refractivity contribution in [2.45, 2.75) is 13.0 Å². The van der Waals surface area contributed by atoms with Crippen LogP contribution < -0.4 is 4.90 Å². The highest BCUT2D eigenvalue weighted by Crippen LogP contribution is 2.37. The van der Waals surface area contributed by atoms with Gasteiger partial charge in [0.25, 0.3) is 11.6 Å². The van der Waals surface area contributed by atoms with Crippen molar-refractivity contribution in [2.24, 2.45) is 0 Å². The second-order valence-corrected chi connectivity index (χ2v) is 5.31. The third kappa shape index (κ3) is 3.58. The second kappa shape index (κ2) is 7.71. The van der Waals surface area contributed by atoms with E-state index in [1.807, 2.05) is 0 Å². The van der Waals surface area contributed by atoms with Gasteiger partial charge in [-0.2, -0.15) is 0 Å². The fourth-order valence-corrected chi connectivity index (χ4v) is 2.65. The van der Waals surface area contributed by atoms with Crippen molar-refractivity contribution in [3.8, 4) is 0 Å². The van der Waals surface area contributed by atoms with Crippen molar-refractivity contribution in [1.29, 1.82) is 0 Å². The average molecular weight is 346 g/mol. The highest BCUT2D eigenvalue weighted by molar-refractivity contribution is 6.10. The number of fused-ring (bicyclic) bond motifs is 1. The van der Waals surface area contributed by atoms with Gasteiger partial charge in [-0.3, -0.25) is 19.8 Å². The van der Waals surface area contributed by atoms with E-state index in [-0.39, 0.29) is 18.0 Å². The van der Waals surface area contributed by atoms with Gasteiger partial charge >= 0.3 is 5.97 Å². The minimum absolute atomic E-state index is 0.0445. The number of hydrogen-bond acceptors (Lipinski definition) is 6. The molecule has 1 atom stereocenters. The number of anilines is 1. The van der Waals surface area contributed by atoms with E-state index in [1.165, 1.54) is 27.2 Å². The number of ether oxygens (including phenoxy) is 2. The molecule has 132 valence electrons. The van der Waals surface area contributed by atoms with Crippen molar-refractivity contribution < 1.29 is 24.0 Å². The predicted molar refractivity (Wildman–Crippen MR) is 91.4 cm³/mol. The molecule has 0 aliphatic rings. The lowest BCUT2D eigenvalue weighted by molar-refractivity contribution is -0.384. The summed E-state index contributed by atoms with van der Waals surface area (Å²) in [7, 11) is 2.52. The first kappa shape index (κ1) is 18.3. The van der Waals surface area contributed by atoms with E-state index >= 15 is 0 Å². The van der Waals surface area contributed by atoms with Gasteiger partial charge in [-0.25, -0.2) is 4.79 Å². The van der Waals surface area contributed by atoms with Crippen LogP contribution in [0.25, 0.3) is 10.8 Å². The molecule has 2 aromatic carbocycles. The molecule has 0 aliphatic carbocycles. The van der Waals surface area contributed by atoms with Crippen LogP contribution in [0.3, 0.4) is 0 Å².